The molecule has 1 N–H and O–H groups in total. The molecule has 1 amide bonds. The van der Waals surface area contributed by atoms with E-state index in [1.54, 1.807) is 49.4 Å². The first-order valence-electron chi connectivity index (χ1n) is 8.58. The molecule has 0 bridgehead atoms. The predicted molar refractivity (Wildman–Crippen MR) is 104 cm³/mol. The first-order chi connectivity index (χ1) is 13.4. The van der Waals surface area contributed by atoms with E-state index < -0.39 is 9.84 Å². The van der Waals surface area contributed by atoms with E-state index in [4.69, 9.17) is 0 Å². The van der Waals surface area contributed by atoms with Gasteiger partial charge in [-0.15, -0.1) is 10.2 Å². The number of aromatic nitrogens is 2. The van der Waals surface area contributed by atoms with Crippen molar-refractivity contribution >= 4 is 21.4 Å². The van der Waals surface area contributed by atoms with Gasteiger partial charge in [0.2, 0.25) is 5.91 Å². The molecular weight excluding hydrogens is 381 g/mol. The van der Waals surface area contributed by atoms with Crippen molar-refractivity contribution in [3.05, 3.63) is 72.0 Å². The molecule has 3 aromatic rings. The monoisotopic (exact) mass is 399 g/mol. The van der Waals surface area contributed by atoms with Crippen LogP contribution in [0.3, 0.4) is 0 Å². The molecule has 144 valence electrons. The Labute approximate surface area is 162 Å². The number of rotatable bonds is 6. The van der Waals surface area contributed by atoms with E-state index in [0.717, 1.165) is 5.56 Å². The molecule has 8 heteroatoms. The van der Waals surface area contributed by atoms with Gasteiger partial charge in [0.05, 0.1) is 17.9 Å². The molecule has 0 saturated carbocycles. The number of nitrogens with one attached hydrogen (secondary N) is 1. The average Bonchev–Trinajstić information content (AvgIpc) is 2.70. The van der Waals surface area contributed by atoms with Crippen LogP contribution in [0.15, 0.2) is 65.7 Å². The molecule has 0 aliphatic rings. The summed E-state index contributed by atoms with van der Waals surface area (Å²) in [6.45, 7) is 1.55. The van der Waals surface area contributed by atoms with Gasteiger partial charge in [-0.25, -0.2) is 12.8 Å². The minimum absolute atomic E-state index is 0.0344. The Bertz CT molecular complexity index is 1070. The summed E-state index contributed by atoms with van der Waals surface area (Å²) in [6, 6.07) is 15.7. The lowest BCUT2D eigenvalue weighted by molar-refractivity contribution is -0.115. The van der Waals surface area contributed by atoms with Crippen molar-refractivity contribution < 1.29 is 17.6 Å². The van der Waals surface area contributed by atoms with E-state index in [9.17, 15) is 17.6 Å². The van der Waals surface area contributed by atoms with Gasteiger partial charge in [0, 0.05) is 11.3 Å². The van der Waals surface area contributed by atoms with Crippen LogP contribution in [0.4, 0.5) is 10.1 Å². The molecule has 1 aromatic heterocycles. The molecule has 0 saturated heterocycles. The van der Waals surface area contributed by atoms with Gasteiger partial charge in [-0.2, -0.15) is 0 Å². The smallest absolute Gasteiger partial charge is 0.228 e. The Morgan fingerprint density at radius 3 is 2.21 bits per heavy atom. The third-order valence-electron chi connectivity index (χ3n) is 4.08. The number of halogens is 1. The summed E-state index contributed by atoms with van der Waals surface area (Å²) in [4.78, 5) is 12.1. The number of carbonyl (C=O) groups is 1. The molecule has 0 fully saturated rings. The number of hydrogen-bond donors (Lipinski definition) is 1. The molecule has 0 atom stereocenters. The zero-order valence-electron chi connectivity index (χ0n) is 15.1. The van der Waals surface area contributed by atoms with Crippen LogP contribution < -0.4 is 5.32 Å². The van der Waals surface area contributed by atoms with Crippen LogP contribution in [0.5, 0.6) is 0 Å². The fraction of sp³-hybridized carbons (Fsp3) is 0.150. The molecule has 0 aliphatic heterocycles. The van der Waals surface area contributed by atoms with Gasteiger partial charge in [-0.3, -0.25) is 4.79 Å². The second-order valence-corrected chi connectivity index (χ2v) is 8.31. The summed E-state index contributed by atoms with van der Waals surface area (Å²) < 4.78 is 36.5. The van der Waals surface area contributed by atoms with Crippen LogP contribution in [0.1, 0.15) is 12.5 Å². The van der Waals surface area contributed by atoms with Gasteiger partial charge >= 0.3 is 0 Å². The van der Waals surface area contributed by atoms with Gasteiger partial charge in [-0.1, -0.05) is 31.2 Å². The number of nitrogens with zero attached hydrogens (tertiary/aromatic N) is 2. The molecule has 0 spiro atoms. The predicted octanol–water partition coefficient (Wildman–Crippen LogP) is 3.26. The normalized spacial score (nSPS) is 11.2. The van der Waals surface area contributed by atoms with Crippen LogP contribution >= 0.6 is 0 Å². The molecule has 1 heterocycles. The molecule has 0 radical (unpaired) electrons. The van der Waals surface area contributed by atoms with E-state index in [0.29, 0.717) is 16.9 Å². The quantitative estimate of drug-likeness (QED) is 0.687. The van der Waals surface area contributed by atoms with Crippen LogP contribution in [-0.2, 0) is 21.1 Å². The summed E-state index contributed by atoms with van der Waals surface area (Å²) in [5.74, 6) is -0.593. The van der Waals surface area contributed by atoms with E-state index in [2.05, 4.69) is 15.5 Å². The van der Waals surface area contributed by atoms with Crippen molar-refractivity contribution in [3.8, 4) is 11.3 Å². The zero-order chi connectivity index (χ0) is 20.1. The summed E-state index contributed by atoms with van der Waals surface area (Å²) in [5.41, 5.74) is 2.59. The van der Waals surface area contributed by atoms with E-state index in [-0.39, 0.29) is 28.9 Å². The number of carbonyl (C=O) groups excluding carboxylic acids is 1. The molecular formula is C20H18FN3O3S. The second kappa shape index (κ2) is 8.26. The lowest BCUT2D eigenvalue weighted by atomic mass is 10.1. The largest absolute Gasteiger partial charge is 0.326 e. The maximum Gasteiger partial charge on any atom is 0.228 e. The van der Waals surface area contributed by atoms with Crippen molar-refractivity contribution in [1.82, 2.24) is 10.2 Å². The summed E-state index contributed by atoms with van der Waals surface area (Å²) in [5, 5.41) is 10.5. The fourth-order valence-corrected chi connectivity index (χ4v) is 3.24. The van der Waals surface area contributed by atoms with E-state index in [1.165, 1.54) is 18.2 Å². The molecule has 3 rings (SSSR count). The number of sulfone groups is 1. The van der Waals surface area contributed by atoms with E-state index >= 15 is 0 Å². The topological polar surface area (TPSA) is 89.0 Å². The Morgan fingerprint density at radius 2 is 1.64 bits per heavy atom. The molecule has 6 nitrogen and oxygen atoms in total. The molecule has 0 unspecified atom stereocenters. The van der Waals surface area contributed by atoms with Gasteiger partial charge in [0.25, 0.3) is 0 Å². The number of hydrogen-bond acceptors (Lipinski definition) is 5. The standard InChI is InChI=1S/C20H18FN3O3S/c1-2-28(26,27)20-12-11-18(23-24-20)15-5-9-17(10-6-15)22-19(25)13-14-3-7-16(21)8-4-14/h3-12H,2,13H2,1H3,(H,22,25). The molecule has 28 heavy (non-hydrogen) atoms. The Balaban J connectivity index is 1.66. The lowest BCUT2D eigenvalue weighted by Gasteiger charge is -2.07. The number of benzene rings is 2. The molecule has 2 aromatic carbocycles. The third kappa shape index (κ3) is 4.77. The minimum Gasteiger partial charge on any atom is -0.326 e. The average molecular weight is 399 g/mol. The van der Waals surface area contributed by atoms with Gasteiger partial charge in [0.1, 0.15) is 5.82 Å². The zero-order valence-corrected chi connectivity index (χ0v) is 15.9. The van der Waals surface area contributed by atoms with E-state index in [1.807, 2.05) is 0 Å². The number of anilines is 1. The maximum absolute atomic E-state index is 12.9. The van der Waals surface area contributed by atoms with Crippen molar-refractivity contribution in [2.45, 2.75) is 18.4 Å². The SMILES string of the molecule is CCS(=O)(=O)c1ccc(-c2ccc(NC(=O)Cc3ccc(F)cc3)cc2)nn1. The highest BCUT2D eigenvalue weighted by Crippen LogP contribution is 2.20. The van der Waals surface area contributed by atoms with Gasteiger partial charge < -0.3 is 5.32 Å². The summed E-state index contributed by atoms with van der Waals surface area (Å²) in [7, 11) is -3.39. The summed E-state index contributed by atoms with van der Waals surface area (Å²) >= 11 is 0. The van der Waals surface area contributed by atoms with Crippen molar-refractivity contribution in [1.29, 1.82) is 0 Å². The highest BCUT2D eigenvalue weighted by atomic mass is 32.2. The fourth-order valence-electron chi connectivity index (χ4n) is 2.50. The van der Waals surface area contributed by atoms with Crippen molar-refractivity contribution in [3.63, 3.8) is 0 Å². The highest BCUT2D eigenvalue weighted by molar-refractivity contribution is 7.91. The summed E-state index contributed by atoms with van der Waals surface area (Å²) in [6.07, 6.45) is 0.140. The van der Waals surface area contributed by atoms with Crippen LogP contribution in [-0.4, -0.2) is 30.3 Å². The number of amides is 1. The highest BCUT2D eigenvalue weighted by Gasteiger charge is 2.14. The molecule has 0 aliphatic carbocycles. The minimum atomic E-state index is -3.39. The Morgan fingerprint density at radius 1 is 0.964 bits per heavy atom. The lowest BCUT2D eigenvalue weighted by Crippen LogP contribution is -2.14. The Kier molecular flexibility index (Phi) is 5.79. The first-order valence-corrected chi connectivity index (χ1v) is 10.2. The van der Waals surface area contributed by atoms with Crippen molar-refractivity contribution in [2.24, 2.45) is 0 Å². The van der Waals surface area contributed by atoms with Gasteiger partial charge in [0.15, 0.2) is 14.9 Å². The first kappa shape index (κ1) is 19.6. The van der Waals surface area contributed by atoms with Crippen LogP contribution in [0.2, 0.25) is 0 Å². The van der Waals surface area contributed by atoms with Crippen molar-refractivity contribution in [2.75, 3.05) is 11.1 Å². The third-order valence-corrected chi connectivity index (χ3v) is 5.70. The second-order valence-electron chi connectivity index (χ2n) is 6.09. The van der Waals surface area contributed by atoms with Crippen LogP contribution in [0, 0.1) is 5.82 Å². The van der Waals surface area contributed by atoms with Gasteiger partial charge in [-0.05, 0) is 42.0 Å². The maximum atomic E-state index is 12.9. The van der Waals surface area contributed by atoms with Crippen LogP contribution in [0.25, 0.3) is 11.3 Å². The Hall–Kier alpha value is -3.13.